The van der Waals surface area contributed by atoms with Gasteiger partial charge in [0.2, 0.25) is 0 Å². The van der Waals surface area contributed by atoms with Crippen molar-refractivity contribution in [2.75, 3.05) is 20.1 Å². The standard InChI is InChI=1S/C17H34N2/c1-3-16(9-7-8-10-16)15-19-14-13-17(18-2)11-5-4-6-12-17/h18-19H,3-15H2,1-2H3. The fraction of sp³-hybridized carbons (Fsp3) is 1.00. The lowest BCUT2D eigenvalue weighted by molar-refractivity contribution is 0.217. The van der Waals surface area contributed by atoms with Crippen LogP contribution in [0.5, 0.6) is 0 Å². The lowest BCUT2D eigenvalue weighted by atomic mass is 9.79. The maximum atomic E-state index is 3.79. The molecular formula is C17H34N2. The molecule has 0 amide bonds. The van der Waals surface area contributed by atoms with E-state index in [0.717, 1.165) is 0 Å². The maximum Gasteiger partial charge on any atom is 0.0190 e. The van der Waals surface area contributed by atoms with Crippen LogP contribution in [-0.4, -0.2) is 25.7 Å². The van der Waals surface area contributed by atoms with Crippen LogP contribution in [-0.2, 0) is 0 Å². The smallest absolute Gasteiger partial charge is 0.0190 e. The second kappa shape index (κ2) is 7.08. The topological polar surface area (TPSA) is 24.1 Å². The molecule has 0 atom stereocenters. The molecule has 0 spiro atoms. The molecule has 2 rings (SSSR count). The number of hydrogen-bond acceptors (Lipinski definition) is 2. The molecule has 0 heterocycles. The summed E-state index contributed by atoms with van der Waals surface area (Å²) in [6, 6.07) is 0. The minimum atomic E-state index is 0.445. The molecular weight excluding hydrogens is 232 g/mol. The van der Waals surface area contributed by atoms with Crippen molar-refractivity contribution in [3.05, 3.63) is 0 Å². The summed E-state index contributed by atoms with van der Waals surface area (Å²) in [5.41, 5.74) is 1.08. The fourth-order valence-corrected chi connectivity index (χ4v) is 4.32. The third kappa shape index (κ3) is 3.95. The minimum Gasteiger partial charge on any atom is -0.316 e. The Morgan fingerprint density at radius 1 is 0.895 bits per heavy atom. The molecule has 0 aliphatic heterocycles. The number of nitrogens with one attached hydrogen (secondary N) is 2. The van der Waals surface area contributed by atoms with Gasteiger partial charge >= 0.3 is 0 Å². The van der Waals surface area contributed by atoms with E-state index in [2.05, 4.69) is 24.6 Å². The van der Waals surface area contributed by atoms with Gasteiger partial charge < -0.3 is 10.6 Å². The fourth-order valence-electron chi connectivity index (χ4n) is 4.32. The van der Waals surface area contributed by atoms with E-state index in [0.29, 0.717) is 11.0 Å². The lowest BCUT2D eigenvalue weighted by Gasteiger charge is -2.38. The van der Waals surface area contributed by atoms with E-state index >= 15 is 0 Å². The van der Waals surface area contributed by atoms with Crippen molar-refractivity contribution in [1.29, 1.82) is 0 Å². The number of hydrogen-bond donors (Lipinski definition) is 2. The Balaban J connectivity index is 1.70. The van der Waals surface area contributed by atoms with Crippen molar-refractivity contribution in [2.45, 2.75) is 83.1 Å². The zero-order chi connectivity index (χ0) is 13.6. The molecule has 0 unspecified atom stereocenters. The van der Waals surface area contributed by atoms with Crippen LogP contribution in [0.4, 0.5) is 0 Å². The van der Waals surface area contributed by atoms with E-state index in [1.165, 1.54) is 83.7 Å². The van der Waals surface area contributed by atoms with Crippen LogP contribution in [0.25, 0.3) is 0 Å². The third-order valence-electron chi connectivity index (χ3n) is 6.04. The van der Waals surface area contributed by atoms with Gasteiger partial charge in [0.1, 0.15) is 0 Å². The zero-order valence-electron chi connectivity index (χ0n) is 13.2. The monoisotopic (exact) mass is 266 g/mol. The highest BCUT2D eigenvalue weighted by Gasteiger charge is 2.32. The molecule has 2 aliphatic rings. The average Bonchev–Trinajstić information content (AvgIpc) is 2.94. The van der Waals surface area contributed by atoms with E-state index in [9.17, 15) is 0 Å². The Morgan fingerprint density at radius 2 is 1.53 bits per heavy atom. The normalized spacial score (nSPS) is 25.6. The first-order valence-electron chi connectivity index (χ1n) is 8.64. The largest absolute Gasteiger partial charge is 0.316 e. The van der Waals surface area contributed by atoms with Crippen LogP contribution in [0.15, 0.2) is 0 Å². The molecule has 19 heavy (non-hydrogen) atoms. The first-order chi connectivity index (χ1) is 9.24. The summed E-state index contributed by atoms with van der Waals surface area (Å²) < 4.78 is 0. The molecule has 2 aliphatic carbocycles. The summed E-state index contributed by atoms with van der Waals surface area (Å²) in [5.74, 6) is 0. The molecule has 0 aromatic heterocycles. The molecule has 2 nitrogen and oxygen atoms in total. The summed E-state index contributed by atoms with van der Waals surface area (Å²) in [6.45, 7) is 4.83. The van der Waals surface area contributed by atoms with E-state index in [-0.39, 0.29) is 0 Å². The Morgan fingerprint density at radius 3 is 2.11 bits per heavy atom. The first kappa shape index (κ1) is 15.3. The molecule has 0 bridgehead atoms. The van der Waals surface area contributed by atoms with E-state index in [4.69, 9.17) is 0 Å². The molecule has 2 fully saturated rings. The van der Waals surface area contributed by atoms with Crippen molar-refractivity contribution in [2.24, 2.45) is 5.41 Å². The summed E-state index contributed by atoms with van der Waals surface area (Å²) in [5, 5.41) is 7.41. The van der Waals surface area contributed by atoms with Gasteiger partial charge in [-0.1, -0.05) is 39.0 Å². The Hall–Kier alpha value is -0.0800. The molecule has 112 valence electrons. The molecule has 0 saturated heterocycles. The van der Waals surface area contributed by atoms with Crippen LogP contribution < -0.4 is 10.6 Å². The highest BCUT2D eigenvalue weighted by atomic mass is 15.0. The second-order valence-corrected chi connectivity index (χ2v) is 7.08. The summed E-state index contributed by atoms with van der Waals surface area (Å²) in [6.07, 6.45) is 15.5. The van der Waals surface area contributed by atoms with Crippen LogP contribution >= 0.6 is 0 Å². The third-order valence-corrected chi connectivity index (χ3v) is 6.04. The van der Waals surface area contributed by atoms with Gasteiger partial charge in [-0.2, -0.15) is 0 Å². The SMILES string of the molecule is CCC1(CNCCC2(NC)CCCCC2)CCCC1. The van der Waals surface area contributed by atoms with Gasteiger partial charge in [-0.3, -0.25) is 0 Å². The van der Waals surface area contributed by atoms with E-state index in [1.54, 1.807) is 0 Å². The van der Waals surface area contributed by atoms with Gasteiger partial charge in [-0.25, -0.2) is 0 Å². The molecule has 0 aromatic carbocycles. The predicted molar refractivity (Wildman–Crippen MR) is 83.6 cm³/mol. The van der Waals surface area contributed by atoms with Crippen molar-refractivity contribution in [3.63, 3.8) is 0 Å². The van der Waals surface area contributed by atoms with Crippen molar-refractivity contribution in [3.8, 4) is 0 Å². The average molecular weight is 266 g/mol. The van der Waals surface area contributed by atoms with Gasteiger partial charge in [0.05, 0.1) is 0 Å². The molecule has 2 saturated carbocycles. The van der Waals surface area contributed by atoms with Gasteiger partial charge in [0.15, 0.2) is 0 Å². The van der Waals surface area contributed by atoms with Gasteiger partial charge in [0, 0.05) is 12.1 Å². The van der Waals surface area contributed by atoms with Crippen LogP contribution in [0, 0.1) is 5.41 Å². The maximum absolute atomic E-state index is 3.79. The van der Waals surface area contributed by atoms with Gasteiger partial charge in [-0.15, -0.1) is 0 Å². The Bertz CT molecular complexity index is 250. The first-order valence-corrected chi connectivity index (χ1v) is 8.64. The van der Waals surface area contributed by atoms with Crippen molar-refractivity contribution < 1.29 is 0 Å². The highest BCUT2D eigenvalue weighted by Crippen LogP contribution is 2.40. The number of rotatable bonds is 7. The summed E-state index contributed by atoms with van der Waals surface area (Å²) in [7, 11) is 2.16. The second-order valence-electron chi connectivity index (χ2n) is 7.08. The minimum absolute atomic E-state index is 0.445. The Kier molecular flexibility index (Phi) is 5.70. The van der Waals surface area contributed by atoms with Crippen LogP contribution in [0.1, 0.15) is 77.6 Å². The predicted octanol–water partition coefficient (Wildman–Crippen LogP) is 3.86. The zero-order valence-corrected chi connectivity index (χ0v) is 13.2. The van der Waals surface area contributed by atoms with Gasteiger partial charge in [-0.05, 0) is 57.5 Å². The van der Waals surface area contributed by atoms with Crippen LogP contribution in [0.2, 0.25) is 0 Å². The van der Waals surface area contributed by atoms with Gasteiger partial charge in [0.25, 0.3) is 0 Å². The quantitative estimate of drug-likeness (QED) is 0.684. The van der Waals surface area contributed by atoms with E-state index < -0.39 is 0 Å². The Labute approximate surface area is 120 Å². The molecule has 2 N–H and O–H groups in total. The van der Waals surface area contributed by atoms with Crippen molar-refractivity contribution in [1.82, 2.24) is 10.6 Å². The van der Waals surface area contributed by atoms with E-state index in [1.807, 2.05) is 0 Å². The molecule has 2 heteroatoms. The van der Waals surface area contributed by atoms with Crippen LogP contribution in [0.3, 0.4) is 0 Å². The molecule has 0 radical (unpaired) electrons. The highest BCUT2D eigenvalue weighted by molar-refractivity contribution is 4.91. The summed E-state index contributed by atoms with van der Waals surface area (Å²) >= 11 is 0. The lowest BCUT2D eigenvalue weighted by Crippen LogP contribution is -2.47. The molecule has 0 aromatic rings. The van der Waals surface area contributed by atoms with Crippen molar-refractivity contribution >= 4 is 0 Å². The summed E-state index contributed by atoms with van der Waals surface area (Å²) in [4.78, 5) is 0.